The average molecular weight is 271 g/mol. The van der Waals surface area contributed by atoms with Crippen LogP contribution in [0.2, 0.25) is 0 Å². The molecule has 0 saturated carbocycles. The molecule has 0 unspecified atom stereocenters. The first kappa shape index (κ1) is 12.0. The molecule has 1 aromatic carbocycles. The predicted molar refractivity (Wildman–Crippen MR) is 77.9 cm³/mol. The largest absolute Gasteiger partial charge is 0.453 e. The quantitative estimate of drug-likeness (QED) is 0.718. The van der Waals surface area contributed by atoms with E-state index >= 15 is 0 Å². The maximum Gasteiger partial charge on any atom is 0.231 e. The zero-order valence-electron chi connectivity index (χ0n) is 10.7. The van der Waals surface area contributed by atoms with Crippen LogP contribution in [0.4, 0.5) is 5.00 Å². The topological polar surface area (TPSA) is 56.2 Å². The van der Waals surface area contributed by atoms with Crippen LogP contribution < -0.4 is 5.73 Å². The van der Waals surface area contributed by atoms with Crippen molar-refractivity contribution in [1.82, 2.24) is 0 Å². The minimum absolute atomic E-state index is 0.143. The molecule has 0 fully saturated rings. The zero-order valence-corrected chi connectivity index (χ0v) is 11.5. The van der Waals surface area contributed by atoms with Gasteiger partial charge in [-0.25, -0.2) is 0 Å². The Kier molecular flexibility index (Phi) is 2.68. The molecule has 2 N–H and O–H groups in total. The van der Waals surface area contributed by atoms with Gasteiger partial charge in [0.15, 0.2) is 5.76 Å². The minimum atomic E-state index is -0.143. The number of thiophene rings is 1. The molecule has 3 aromatic rings. The van der Waals surface area contributed by atoms with Gasteiger partial charge >= 0.3 is 0 Å². The summed E-state index contributed by atoms with van der Waals surface area (Å²) in [5, 5.41) is 1.48. The Balaban J connectivity index is 2.13. The molecule has 19 heavy (non-hydrogen) atoms. The molecule has 0 atom stereocenters. The number of nitrogen functional groups attached to an aromatic ring is 1. The van der Waals surface area contributed by atoms with Crippen molar-refractivity contribution in [2.24, 2.45) is 0 Å². The molecule has 2 aromatic heterocycles. The van der Waals surface area contributed by atoms with Gasteiger partial charge in [-0.15, -0.1) is 11.3 Å². The highest BCUT2D eigenvalue weighted by molar-refractivity contribution is 7.16. The maximum absolute atomic E-state index is 12.5. The second kappa shape index (κ2) is 4.24. The Labute approximate surface area is 114 Å². The highest BCUT2D eigenvalue weighted by Gasteiger charge is 2.22. The smallest absolute Gasteiger partial charge is 0.231 e. The number of rotatable bonds is 2. The first-order valence-electron chi connectivity index (χ1n) is 5.96. The maximum atomic E-state index is 12.5. The van der Waals surface area contributed by atoms with Crippen LogP contribution in [-0.2, 0) is 0 Å². The number of carbonyl (C=O) groups excluding carboxylic acids is 1. The predicted octanol–water partition coefficient (Wildman–Crippen LogP) is 3.92. The molecule has 96 valence electrons. The lowest BCUT2D eigenvalue weighted by atomic mass is 10.1. The summed E-state index contributed by atoms with van der Waals surface area (Å²) in [6, 6.07) is 9.34. The van der Waals surface area contributed by atoms with E-state index < -0.39 is 0 Å². The Bertz CT molecular complexity index is 750. The van der Waals surface area contributed by atoms with Gasteiger partial charge in [0.05, 0.1) is 10.6 Å². The Hall–Kier alpha value is -2.07. The molecule has 0 aliphatic carbocycles. The third-order valence-corrected chi connectivity index (χ3v) is 4.33. The number of anilines is 1. The summed E-state index contributed by atoms with van der Waals surface area (Å²) >= 11 is 1.44. The summed E-state index contributed by atoms with van der Waals surface area (Å²) in [5.41, 5.74) is 8.16. The van der Waals surface area contributed by atoms with E-state index in [0.29, 0.717) is 21.9 Å². The van der Waals surface area contributed by atoms with E-state index in [1.54, 1.807) is 6.07 Å². The van der Waals surface area contributed by atoms with Crippen LogP contribution in [0.1, 0.15) is 26.6 Å². The van der Waals surface area contributed by atoms with Crippen molar-refractivity contribution in [1.29, 1.82) is 0 Å². The molecule has 4 heteroatoms. The molecular formula is C15H13NO2S. The van der Waals surface area contributed by atoms with E-state index in [2.05, 4.69) is 0 Å². The second-order valence-corrected chi connectivity index (χ2v) is 5.76. The number of nitrogens with two attached hydrogens (primary N) is 1. The third-order valence-electron chi connectivity index (χ3n) is 3.29. The monoisotopic (exact) mass is 271 g/mol. The van der Waals surface area contributed by atoms with Crippen LogP contribution in [0.5, 0.6) is 0 Å². The van der Waals surface area contributed by atoms with E-state index in [-0.39, 0.29) is 5.78 Å². The van der Waals surface area contributed by atoms with Crippen LogP contribution in [0.3, 0.4) is 0 Å². The Morgan fingerprint density at radius 3 is 2.63 bits per heavy atom. The number of carbonyl (C=O) groups is 1. The number of aryl methyl sites for hydroxylation is 1. The van der Waals surface area contributed by atoms with E-state index in [4.69, 9.17) is 10.2 Å². The first-order valence-corrected chi connectivity index (χ1v) is 6.78. The number of para-hydroxylation sites is 1. The van der Waals surface area contributed by atoms with E-state index in [1.807, 2.05) is 38.1 Å². The summed E-state index contributed by atoms with van der Waals surface area (Å²) < 4.78 is 5.60. The molecule has 0 aliphatic rings. The second-order valence-electron chi connectivity index (χ2n) is 4.50. The summed E-state index contributed by atoms with van der Waals surface area (Å²) in [4.78, 5) is 13.6. The van der Waals surface area contributed by atoms with Gasteiger partial charge in [-0.2, -0.15) is 0 Å². The molecule has 0 saturated heterocycles. The molecule has 0 radical (unpaired) electrons. The zero-order chi connectivity index (χ0) is 13.6. The number of hydrogen-bond donors (Lipinski definition) is 1. The molecular weight excluding hydrogens is 258 g/mol. The molecule has 0 spiro atoms. The fraction of sp³-hybridized carbons (Fsp3) is 0.133. The van der Waals surface area contributed by atoms with Gasteiger partial charge < -0.3 is 10.2 Å². The van der Waals surface area contributed by atoms with Crippen LogP contribution in [0.15, 0.2) is 34.7 Å². The van der Waals surface area contributed by atoms with Crippen molar-refractivity contribution in [2.45, 2.75) is 13.8 Å². The van der Waals surface area contributed by atoms with Crippen LogP contribution in [0, 0.1) is 13.8 Å². The van der Waals surface area contributed by atoms with Crippen molar-refractivity contribution in [2.75, 3.05) is 5.73 Å². The number of fused-ring (bicyclic) bond motifs is 1. The Morgan fingerprint density at radius 1 is 1.26 bits per heavy atom. The summed E-state index contributed by atoms with van der Waals surface area (Å²) in [6.07, 6.45) is 0. The van der Waals surface area contributed by atoms with E-state index in [0.717, 1.165) is 15.8 Å². The Morgan fingerprint density at radius 2 is 2.00 bits per heavy atom. The van der Waals surface area contributed by atoms with E-state index in [1.165, 1.54) is 11.3 Å². The number of hydrogen-bond acceptors (Lipinski definition) is 4. The van der Waals surface area contributed by atoms with Crippen molar-refractivity contribution < 1.29 is 9.21 Å². The normalized spacial score (nSPS) is 11.1. The molecule has 2 heterocycles. The van der Waals surface area contributed by atoms with Crippen LogP contribution in [0.25, 0.3) is 11.0 Å². The lowest BCUT2D eigenvalue weighted by Crippen LogP contribution is -2.03. The molecule has 0 bridgehead atoms. The SMILES string of the molecule is Cc1sc(N)c(C(=O)c2cc3ccccc3o2)c1C. The summed E-state index contributed by atoms with van der Waals surface area (Å²) in [5.74, 6) is 0.198. The fourth-order valence-corrected chi connectivity index (χ4v) is 3.09. The molecule has 0 aliphatic heterocycles. The van der Waals surface area contributed by atoms with E-state index in [9.17, 15) is 4.79 Å². The highest BCUT2D eigenvalue weighted by atomic mass is 32.1. The standard InChI is InChI=1S/C15H13NO2S/c1-8-9(2)19-15(16)13(8)14(17)12-7-10-5-3-4-6-11(10)18-12/h3-7H,16H2,1-2H3. The molecule has 3 nitrogen and oxygen atoms in total. The van der Waals surface area contributed by atoms with Crippen molar-refractivity contribution in [3.63, 3.8) is 0 Å². The number of benzene rings is 1. The van der Waals surface area contributed by atoms with Gasteiger partial charge in [0, 0.05) is 10.3 Å². The fourth-order valence-electron chi connectivity index (χ4n) is 2.15. The van der Waals surface area contributed by atoms with Gasteiger partial charge in [-0.3, -0.25) is 4.79 Å². The lowest BCUT2D eigenvalue weighted by Gasteiger charge is -1.98. The first-order chi connectivity index (χ1) is 9.08. The van der Waals surface area contributed by atoms with Gasteiger partial charge in [-0.1, -0.05) is 18.2 Å². The van der Waals surface area contributed by atoms with Crippen molar-refractivity contribution in [3.8, 4) is 0 Å². The van der Waals surface area contributed by atoms with Crippen LogP contribution >= 0.6 is 11.3 Å². The number of ketones is 1. The van der Waals surface area contributed by atoms with Crippen molar-refractivity contribution >= 4 is 33.1 Å². The van der Waals surface area contributed by atoms with Gasteiger partial charge in [-0.05, 0) is 31.5 Å². The minimum Gasteiger partial charge on any atom is -0.453 e. The number of furan rings is 1. The van der Waals surface area contributed by atoms with Gasteiger partial charge in [0.2, 0.25) is 5.78 Å². The van der Waals surface area contributed by atoms with Crippen LogP contribution in [-0.4, -0.2) is 5.78 Å². The lowest BCUT2D eigenvalue weighted by molar-refractivity contribution is 0.101. The van der Waals surface area contributed by atoms with Gasteiger partial charge in [0.1, 0.15) is 5.58 Å². The van der Waals surface area contributed by atoms with Gasteiger partial charge in [0.25, 0.3) is 0 Å². The molecule has 3 rings (SSSR count). The highest BCUT2D eigenvalue weighted by Crippen LogP contribution is 2.32. The average Bonchev–Trinajstić information content (AvgIpc) is 2.91. The third kappa shape index (κ3) is 1.85. The summed E-state index contributed by atoms with van der Waals surface area (Å²) in [6.45, 7) is 3.88. The summed E-state index contributed by atoms with van der Waals surface area (Å²) in [7, 11) is 0. The molecule has 0 amide bonds. The van der Waals surface area contributed by atoms with Crippen molar-refractivity contribution in [3.05, 3.63) is 52.1 Å².